The summed E-state index contributed by atoms with van der Waals surface area (Å²) < 4.78 is 0. The average Bonchev–Trinajstić information content (AvgIpc) is 2.16. The Morgan fingerprint density at radius 1 is 1.36 bits per heavy atom. The van der Waals surface area contributed by atoms with E-state index in [1.54, 1.807) is 6.08 Å². The van der Waals surface area contributed by atoms with Gasteiger partial charge in [0, 0.05) is 5.57 Å². The zero-order valence-electron chi connectivity index (χ0n) is 8.08. The summed E-state index contributed by atoms with van der Waals surface area (Å²) in [5.74, 6) is -0.794. The number of carboxylic acids is 1. The van der Waals surface area contributed by atoms with Gasteiger partial charge in [0.15, 0.2) is 0 Å². The molecule has 2 nitrogen and oxygen atoms in total. The topological polar surface area (TPSA) is 37.3 Å². The van der Waals surface area contributed by atoms with Crippen molar-refractivity contribution in [2.45, 2.75) is 19.8 Å². The number of fused-ring (bicyclic) bond motifs is 1. The Kier molecular flexibility index (Phi) is 2.12. The van der Waals surface area contributed by atoms with Crippen LogP contribution in [0.5, 0.6) is 0 Å². The molecule has 0 amide bonds. The Labute approximate surface area is 82.9 Å². The van der Waals surface area contributed by atoms with Gasteiger partial charge in [-0.15, -0.1) is 0 Å². The highest BCUT2D eigenvalue weighted by molar-refractivity contribution is 5.93. The monoisotopic (exact) mass is 188 g/mol. The summed E-state index contributed by atoms with van der Waals surface area (Å²) in [7, 11) is 0. The second-order valence-electron chi connectivity index (χ2n) is 3.68. The number of carboxylic acid groups (broad SMARTS) is 1. The second-order valence-corrected chi connectivity index (χ2v) is 3.68. The first-order chi connectivity index (χ1) is 6.66. The van der Waals surface area contributed by atoms with Crippen molar-refractivity contribution in [3.8, 4) is 0 Å². The van der Waals surface area contributed by atoms with Crippen molar-refractivity contribution in [2.24, 2.45) is 0 Å². The van der Waals surface area contributed by atoms with Crippen molar-refractivity contribution in [3.63, 3.8) is 0 Å². The van der Waals surface area contributed by atoms with Gasteiger partial charge < -0.3 is 5.11 Å². The first-order valence-electron chi connectivity index (χ1n) is 4.70. The highest BCUT2D eigenvalue weighted by Crippen LogP contribution is 2.24. The molecule has 2 rings (SSSR count). The summed E-state index contributed by atoms with van der Waals surface area (Å²) in [6, 6.07) is 6.19. The van der Waals surface area contributed by atoms with Gasteiger partial charge in [0.05, 0.1) is 0 Å². The van der Waals surface area contributed by atoms with Gasteiger partial charge in [-0.25, -0.2) is 4.79 Å². The molecule has 0 spiro atoms. The van der Waals surface area contributed by atoms with E-state index in [0.29, 0.717) is 12.0 Å². The molecule has 14 heavy (non-hydrogen) atoms. The Hall–Kier alpha value is -1.57. The zero-order chi connectivity index (χ0) is 10.1. The van der Waals surface area contributed by atoms with Gasteiger partial charge in [0.2, 0.25) is 0 Å². The molecule has 0 saturated carbocycles. The van der Waals surface area contributed by atoms with E-state index in [4.69, 9.17) is 5.11 Å². The van der Waals surface area contributed by atoms with Crippen LogP contribution in [-0.2, 0) is 11.2 Å². The van der Waals surface area contributed by atoms with Crippen molar-refractivity contribution in [1.29, 1.82) is 0 Å². The van der Waals surface area contributed by atoms with Gasteiger partial charge in [0.1, 0.15) is 0 Å². The Morgan fingerprint density at radius 3 is 2.86 bits per heavy atom. The van der Waals surface area contributed by atoms with E-state index in [0.717, 1.165) is 12.0 Å². The normalized spacial score (nSPS) is 14.5. The molecule has 0 heterocycles. The van der Waals surface area contributed by atoms with Gasteiger partial charge >= 0.3 is 5.97 Å². The summed E-state index contributed by atoms with van der Waals surface area (Å²) in [5, 5.41) is 8.86. The van der Waals surface area contributed by atoms with Crippen molar-refractivity contribution >= 4 is 12.0 Å². The molecule has 0 saturated heterocycles. The molecule has 72 valence electrons. The first-order valence-corrected chi connectivity index (χ1v) is 4.70. The summed E-state index contributed by atoms with van der Waals surface area (Å²) >= 11 is 0. The van der Waals surface area contributed by atoms with Crippen LogP contribution in [-0.4, -0.2) is 11.1 Å². The second kappa shape index (κ2) is 3.29. The molecule has 0 unspecified atom stereocenters. The highest BCUT2D eigenvalue weighted by atomic mass is 16.4. The van der Waals surface area contributed by atoms with Gasteiger partial charge in [-0.05, 0) is 37.0 Å². The summed E-state index contributed by atoms with van der Waals surface area (Å²) in [5.41, 5.74) is 4.00. The van der Waals surface area contributed by atoms with E-state index < -0.39 is 5.97 Å². The lowest BCUT2D eigenvalue weighted by Crippen LogP contribution is -2.07. The van der Waals surface area contributed by atoms with Crippen molar-refractivity contribution in [3.05, 3.63) is 40.5 Å². The van der Waals surface area contributed by atoms with Crippen molar-refractivity contribution in [1.82, 2.24) is 0 Å². The molecule has 2 heteroatoms. The molecule has 0 atom stereocenters. The van der Waals surface area contributed by atoms with Crippen LogP contribution in [0, 0.1) is 6.92 Å². The molecule has 0 fully saturated rings. The van der Waals surface area contributed by atoms with E-state index in [-0.39, 0.29) is 0 Å². The van der Waals surface area contributed by atoms with Crippen LogP contribution in [0.4, 0.5) is 0 Å². The van der Waals surface area contributed by atoms with Gasteiger partial charge in [-0.2, -0.15) is 0 Å². The predicted molar refractivity (Wildman–Crippen MR) is 55.1 cm³/mol. The number of carbonyl (C=O) groups is 1. The lowest BCUT2D eigenvalue weighted by Gasteiger charge is -2.14. The molecule has 0 radical (unpaired) electrons. The minimum absolute atomic E-state index is 0.517. The van der Waals surface area contributed by atoms with E-state index in [9.17, 15) is 4.79 Å². The molecule has 0 aromatic heterocycles. The maximum absolute atomic E-state index is 10.8. The minimum Gasteiger partial charge on any atom is -0.478 e. The van der Waals surface area contributed by atoms with Gasteiger partial charge in [0.25, 0.3) is 0 Å². The maximum Gasteiger partial charge on any atom is 0.331 e. The van der Waals surface area contributed by atoms with Crippen LogP contribution in [0.25, 0.3) is 6.08 Å². The van der Waals surface area contributed by atoms with Crippen molar-refractivity contribution < 1.29 is 9.90 Å². The number of aryl methyl sites for hydroxylation is 2. The number of benzene rings is 1. The molecular weight excluding hydrogens is 176 g/mol. The lowest BCUT2D eigenvalue weighted by atomic mass is 9.91. The van der Waals surface area contributed by atoms with Crippen LogP contribution >= 0.6 is 0 Å². The molecular formula is C12H12O2. The number of aliphatic carboxylic acids is 1. The number of rotatable bonds is 1. The van der Waals surface area contributed by atoms with E-state index in [1.807, 2.05) is 13.0 Å². The first kappa shape index (κ1) is 9.00. The van der Waals surface area contributed by atoms with Crippen LogP contribution in [0.15, 0.2) is 23.8 Å². The standard InChI is InChI=1S/C12H12O2/c1-8-2-3-9-4-5-10(12(13)14)7-11(9)6-8/h2-3,6-7H,4-5H2,1H3,(H,13,14). The fourth-order valence-electron chi connectivity index (χ4n) is 1.77. The molecule has 0 bridgehead atoms. The van der Waals surface area contributed by atoms with Crippen molar-refractivity contribution in [2.75, 3.05) is 0 Å². The average molecular weight is 188 g/mol. The Bertz CT molecular complexity index is 416. The highest BCUT2D eigenvalue weighted by Gasteiger charge is 2.14. The third-order valence-corrected chi connectivity index (χ3v) is 2.57. The SMILES string of the molecule is Cc1ccc2c(c1)C=C(C(=O)O)CC2. The van der Waals surface area contributed by atoms with Gasteiger partial charge in [-0.1, -0.05) is 23.8 Å². The number of hydrogen-bond acceptors (Lipinski definition) is 1. The predicted octanol–water partition coefficient (Wildman–Crippen LogP) is 2.41. The molecule has 1 aliphatic rings. The summed E-state index contributed by atoms with van der Waals surface area (Å²) in [6.45, 7) is 2.02. The quantitative estimate of drug-likeness (QED) is 0.734. The number of hydrogen-bond donors (Lipinski definition) is 1. The van der Waals surface area contributed by atoms with Crippen LogP contribution in [0.2, 0.25) is 0 Å². The fourth-order valence-corrected chi connectivity index (χ4v) is 1.77. The Morgan fingerprint density at radius 2 is 2.14 bits per heavy atom. The van der Waals surface area contributed by atoms with Crippen LogP contribution < -0.4 is 0 Å². The van der Waals surface area contributed by atoms with Gasteiger partial charge in [-0.3, -0.25) is 0 Å². The minimum atomic E-state index is -0.794. The summed E-state index contributed by atoms with van der Waals surface area (Å²) in [4.78, 5) is 10.8. The largest absolute Gasteiger partial charge is 0.478 e. The molecule has 1 aromatic carbocycles. The van der Waals surface area contributed by atoms with E-state index in [1.165, 1.54) is 11.1 Å². The third-order valence-electron chi connectivity index (χ3n) is 2.57. The Balaban J connectivity index is 2.47. The summed E-state index contributed by atoms with van der Waals surface area (Å²) in [6.07, 6.45) is 3.27. The lowest BCUT2D eigenvalue weighted by molar-refractivity contribution is -0.132. The zero-order valence-corrected chi connectivity index (χ0v) is 8.08. The maximum atomic E-state index is 10.8. The molecule has 0 aliphatic heterocycles. The van der Waals surface area contributed by atoms with E-state index in [2.05, 4.69) is 12.1 Å². The molecule has 1 aromatic rings. The smallest absolute Gasteiger partial charge is 0.331 e. The fraction of sp³-hybridized carbons (Fsp3) is 0.250. The van der Waals surface area contributed by atoms with Crippen LogP contribution in [0.3, 0.4) is 0 Å². The third kappa shape index (κ3) is 1.55. The van der Waals surface area contributed by atoms with Crippen LogP contribution in [0.1, 0.15) is 23.1 Å². The molecule has 1 N–H and O–H groups in total. The van der Waals surface area contributed by atoms with E-state index >= 15 is 0 Å². The molecule has 1 aliphatic carbocycles.